The van der Waals surface area contributed by atoms with E-state index in [9.17, 15) is 4.79 Å². The smallest absolute Gasteiger partial charge is 0.233 e. The maximum absolute atomic E-state index is 11.5. The second-order valence-corrected chi connectivity index (χ2v) is 4.17. The van der Waals surface area contributed by atoms with Crippen molar-refractivity contribution in [1.82, 2.24) is 4.90 Å². The van der Waals surface area contributed by atoms with E-state index in [4.69, 9.17) is 11.6 Å². The van der Waals surface area contributed by atoms with Crippen LogP contribution in [-0.2, 0) is 11.3 Å². The van der Waals surface area contributed by atoms with Crippen LogP contribution in [0.1, 0.15) is 12.5 Å². The Balaban J connectivity index is 2.70. The molecule has 0 aromatic heterocycles. The number of halogens is 2. The summed E-state index contributed by atoms with van der Waals surface area (Å²) < 4.78 is 0. The number of benzene rings is 1. The van der Waals surface area contributed by atoms with Crippen LogP contribution < -0.4 is 0 Å². The zero-order valence-electron chi connectivity index (χ0n) is 8.54. The molecule has 0 fully saturated rings. The number of hydrogen-bond acceptors (Lipinski definition) is 1. The first-order chi connectivity index (χ1) is 7.17. The second kappa shape index (κ2) is 6.13. The highest BCUT2D eigenvalue weighted by molar-refractivity contribution is 9.09. The lowest BCUT2D eigenvalue weighted by atomic mass is 10.2. The Kier molecular flexibility index (Phi) is 5.12. The molecule has 1 rings (SSSR count). The highest BCUT2D eigenvalue weighted by Gasteiger charge is 2.10. The summed E-state index contributed by atoms with van der Waals surface area (Å²) in [4.78, 5) is 13.3. The molecule has 0 atom stereocenters. The summed E-state index contributed by atoms with van der Waals surface area (Å²) in [5, 5.41) is 1.07. The molecule has 2 nitrogen and oxygen atoms in total. The lowest BCUT2D eigenvalue weighted by Gasteiger charge is -2.19. The highest BCUT2D eigenvalue weighted by atomic mass is 79.9. The van der Waals surface area contributed by atoms with E-state index in [0.29, 0.717) is 23.4 Å². The standard InChI is InChI=1S/C11H13BrClNO/c1-2-14(11(15)7-12)8-9-4-3-5-10(13)6-9/h3-6H,2,7-8H2,1H3. The van der Waals surface area contributed by atoms with Crippen LogP contribution in [0.15, 0.2) is 24.3 Å². The molecule has 1 aromatic rings. The quantitative estimate of drug-likeness (QED) is 0.780. The third kappa shape index (κ3) is 3.84. The van der Waals surface area contributed by atoms with E-state index in [1.165, 1.54) is 0 Å². The zero-order valence-corrected chi connectivity index (χ0v) is 10.9. The maximum atomic E-state index is 11.5. The number of nitrogens with zero attached hydrogens (tertiary/aromatic N) is 1. The number of hydrogen-bond donors (Lipinski definition) is 0. The van der Waals surface area contributed by atoms with Gasteiger partial charge >= 0.3 is 0 Å². The zero-order chi connectivity index (χ0) is 11.3. The minimum absolute atomic E-state index is 0.0949. The van der Waals surface area contributed by atoms with Gasteiger partial charge in [0.1, 0.15) is 0 Å². The molecule has 0 aliphatic heterocycles. The van der Waals surface area contributed by atoms with Crippen LogP contribution in [-0.4, -0.2) is 22.7 Å². The second-order valence-electron chi connectivity index (χ2n) is 3.17. The van der Waals surface area contributed by atoms with Crippen molar-refractivity contribution in [3.63, 3.8) is 0 Å². The van der Waals surface area contributed by atoms with Gasteiger partial charge in [0, 0.05) is 18.1 Å². The summed E-state index contributed by atoms with van der Waals surface area (Å²) in [6.07, 6.45) is 0. The molecule has 0 radical (unpaired) electrons. The average molecular weight is 291 g/mol. The van der Waals surface area contributed by atoms with Crippen LogP contribution in [0.4, 0.5) is 0 Å². The molecule has 0 saturated heterocycles. The summed E-state index contributed by atoms with van der Waals surface area (Å²) >= 11 is 9.04. The lowest BCUT2D eigenvalue weighted by molar-refractivity contribution is -0.128. The van der Waals surface area contributed by atoms with Crippen molar-refractivity contribution < 1.29 is 4.79 Å². The molecule has 1 amide bonds. The number of carbonyl (C=O) groups is 1. The summed E-state index contributed by atoms with van der Waals surface area (Å²) in [5.74, 6) is 0.0949. The Morgan fingerprint density at radius 1 is 1.53 bits per heavy atom. The van der Waals surface area contributed by atoms with E-state index < -0.39 is 0 Å². The SMILES string of the molecule is CCN(Cc1cccc(Cl)c1)C(=O)CBr. The maximum Gasteiger partial charge on any atom is 0.233 e. The molecule has 0 unspecified atom stereocenters. The largest absolute Gasteiger partial charge is 0.338 e. The normalized spacial score (nSPS) is 10.1. The summed E-state index contributed by atoms with van der Waals surface area (Å²) in [6.45, 7) is 3.28. The van der Waals surface area contributed by atoms with Crippen molar-refractivity contribution >= 4 is 33.4 Å². The molecular weight excluding hydrogens is 277 g/mol. The van der Waals surface area contributed by atoms with E-state index in [0.717, 1.165) is 5.56 Å². The van der Waals surface area contributed by atoms with Crippen LogP contribution in [0.2, 0.25) is 5.02 Å². The monoisotopic (exact) mass is 289 g/mol. The van der Waals surface area contributed by atoms with E-state index in [2.05, 4.69) is 15.9 Å². The van der Waals surface area contributed by atoms with Gasteiger partial charge in [0.2, 0.25) is 5.91 Å². The number of carbonyl (C=O) groups excluding carboxylic acids is 1. The van der Waals surface area contributed by atoms with Gasteiger partial charge in [-0.1, -0.05) is 39.7 Å². The highest BCUT2D eigenvalue weighted by Crippen LogP contribution is 2.12. The van der Waals surface area contributed by atoms with Crippen LogP contribution in [0.3, 0.4) is 0 Å². The molecule has 82 valence electrons. The summed E-state index contributed by atoms with van der Waals surface area (Å²) in [6, 6.07) is 7.57. The van der Waals surface area contributed by atoms with Crippen LogP contribution in [0.5, 0.6) is 0 Å². The lowest BCUT2D eigenvalue weighted by Crippen LogP contribution is -2.31. The molecule has 0 N–H and O–H groups in total. The summed E-state index contributed by atoms with van der Waals surface area (Å²) in [7, 11) is 0. The van der Waals surface area contributed by atoms with Crippen molar-refractivity contribution in [2.24, 2.45) is 0 Å². The molecule has 1 aromatic carbocycles. The van der Waals surface area contributed by atoms with Crippen LogP contribution >= 0.6 is 27.5 Å². The minimum Gasteiger partial charge on any atom is -0.338 e. The van der Waals surface area contributed by atoms with Crippen molar-refractivity contribution in [1.29, 1.82) is 0 Å². The van der Waals surface area contributed by atoms with E-state index in [-0.39, 0.29) is 5.91 Å². The van der Waals surface area contributed by atoms with E-state index >= 15 is 0 Å². The molecular formula is C11H13BrClNO. The Morgan fingerprint density at radius 2 is 2.27 bits per heavy atom. The molecule has 0 aliphatic rings. The van der Waals surface area contributed by atoms with Gasteiger partial charge in [-0.05, 0) is 24.6 Å². The van der Waals surface area contributed by atoms with Gasteiger partial charge in [-0.2, -0.15) is 0 Å². The van der Waals surface area contributed by atoms with Gasteiger partial charge in [-0.3, -0.25) is 4.79 Å². The fourth-order valence-electron chi connectivity index (χ4n) is 1.32. The minimum atomic E-state index is 0.0949. The van der Waals surface area contributed by atoms with Crippen molar-refractivity contribution in [3.05, 3.63) is 34.9 Å². The number of rotatable bonds is 4. The van der Waals surface area contributed by atoms with Crippen molar-refractivity contribution in [3.8, 4) is 0 Å². The Hall–Kier alpha value is -0.540. The summed E-state index contributed by atoms with van der Waals surface area (Å²) in [5.41, 5.74) is 1.05. The Labute approximate surface area is 103 Å². The molecule has 15 heavy (non-hydrogen) atoms. The molecule has 0 saturated carbocycles. The van der Waals surface area contributed by atoms with Gasteiger partial charge < -0.3 is 4.90 Å². The van der Waals surface area contributed by atoms with Crippen molar-refractivity contribution in [2.75, 3.05) is 11.9 Å². The molecule has 0 heterocycles. The third-order valence-electron chi connectivity index (χ3n) is 2.11. The molecule has 4 heteroatoms. The van der Waals surface area contributed by atoms with Gasteiger partial charge in [-0.25, -0.2) is 0 Å². The first kappa shape index (κ1) is 12.5. The first-order valence-electron chi connectivity index (χ1n) is 4.75. The van der Waals surface area contributed by atoms with Crippen molar-refractivity contribution in [2.45, 2.75) is 13.5 Å². The molecule has 0 bridgehead atoms. The molecule has 0 aliphatic carbocycles. The fraction of sp³-hybridized carbons (Fsp3) is 0.364. The van der Waals surface area contributed by atoms with E-state index in [1.54, 1.807) is 4.90 Å². The third-order valence-corrected chi connectivity index (χ3v) is 2.83. The van der Waals surface area contributed by atoms with Gasteiger partial charge in [0.25, 0.3) is 0 Å². The first-order valence-corrected chi connectivity index (χ1v) is 6.25. The average Bonchev–Trinajstić information content (AvgIpc) is 2.25. The van der Waals surface area contributed by atoms with Crippen LogP contribution in [0, 0.1) is 0 Å². The van der Waals surface area contributed by atoms with Gasteiger partial charge in [0.05, 0.1) is 5.33 Å². The molecule has 0 spiro atoms. The predicted molar refractivity (Wildman–Crippen MR) is 66.3 cm³/mol. The number of alkyl halides is 1. The number of amides is 1. The van der Waals surface area contributed by atoms with Crippen LogP contribution in [0.25, 0.3) is 0 Å². The van der Waals surface area contributed by atoms with Gasteiger partial charge in [-0.15, -0.1) is 0 Å². The van der Waals surface area contributed by atoms with E-state index in [1.807, 2.05) is 31.2 Å². The predicted octanol–water partition coefficient (Wildman–Crippen LogP) is 3.08. The Morgan fingerprint density at radius 3 is 2.80 bits per heavy atom. The Bertz CT molecular complexity index is 343. The fourth-order valence-corrected chi connectivity index (χ4v) is 1.88. The van der Waals surface area contributed by atoms with Gasteiger partial charge in [0.15, 0.2) is 0 Å². The topological polar surface area (TPSA) is 20.3 Å².